The smallest absolute Gasteiger partial charge is 0.183 e. The van der Waals surface area contributed by atoms with Gasteiger partial charge in [-0.15, -0.1) is 0 Å². The summed E-state index contributed by atoms with van der Waals surface area (Å²) >= 11 is 13.8. The van der Waals surface area contributed by atoms with Gasteiger partial charge >= 0.3 is 0 Å². The van der Waals surface area contributed by atoms with Crippen LogP contribution in [-0.4, -0.2) is 18.6 Å². The third-order valence-electron chi connectivity index (χ3n) is 2.19. The monoisotopic (exact) mass is 290 g/mol. The normalized spacial score (nSPS) is 10.8. The zero-order chi connectivity index (χ0) is 12.4. The van der Waals surface area contributed by atoms with E-state index in [1.54, 1.807) is 6.07 Å². The number of nitrogens with zero attached hydrogens (tertiary/aromatic N) is 1. The van der Waals surface area contributed by atoms with Crippen LogP contribution < -0.4 is 10.1 Å². The van der Waals surface area contributed by atoms with Gasteiger partial charge in [-0.05, 0) is 12.5 Å². The molecule has 0 fully saturated rings. The minimum Gasteiger partial charge on any atom is -0.490 e. The molecule has 0 unspecified atom stereocenters. The second-order valence-electron chi connectivity index (χ2n) is 3.46. The van der Waals surface area contributed by atoms with Crippen LogP contribution in [0.3, 0.4) is 0 Å². The van der Waals surface area contributed by atoms with Gasteiger partial charge in [-0.25, -0.2) is 4.98 Å². The van der Waals surface area contributed by atoms with Crippen LogP contribution in [0, 0.1) is 0 Å². The predicted octanol–water partition coefficient (Wildman–Crippen LogP) is 4.43. The quantitative estimate of drug-likeness (QED) is 0.904. The SMILES string of the molecule is CCCOc1c(Cl)cc(Cl)c2sc(NC)nc12. The number of fused-ring (bicyclic) bond motifs is 1. The van der Waals surface area contributed by atoms with E-state index in [-0.39, 0.29) is 0 Å². The van der Waals surface area contributed by atoms with Gasteiger partial charge in [0, 0.05) is 7.05 Å². The first kappa shape index (κ1) is 12.7. The number of thiazole rings is 1. The van der Waals surface area contributed by atoms with Crippen molar-refractivity contribution in [2.75, 3.05) is 19.0 Å². The molecule has 0 aliphatic heterocycles. The highest BCUT2D eigenvalue weighted by Gasteiger charge is 2.16. The van der Waals surface area contributed by atoms with Crippen molar-refractivity contribution >= 4 is 49.9 Å². The summed E-state index contributed by atoms with van der Waals surface area (Å²) in [5, 5.41) is 4.90. The zero-order valence-electron chi connectivity index (χ0n) is 9.51. The summed E-state index contributed by atoms with van der Waals surface area (Å²) in [6, 6.07) is 1.70. The Morgan fingerprint density at radius 1 is 1.41 bits per heavy atom. The largest absolute Gasteiger partial charge is 0.490 e. The maximum Gasteiger partial charge on any atom is 0.183 e. The average Bonchev–Trinajstić information content (AvgIpc) is 2.73. The fourth-order valence-electron chi connectivity index (χ4n) is 1.44. The van der Waals surface area contributed by atoms with Crippen LogP contribution >= 0.6 is 34.5 Å². The summed E-state index contributed by atoms with van der Waals surface area (Å²) in [6.07, 6.45) is 0.920. The molecule has 0 aliphatic carbocycles. The minimum absolute atomic E-state index is 0.504. The number of benzene rings is 1. The van der Waals surface area contributed by atoms with Crippen LogP contribution in [-0.2, 0) is 0 Å². The van der Waals surface area contributed by atoms with Gasteiger partial charge in [0.15, 0.2) is 10.9 Å². The topological polar surface area (TPSA) is 34.1 Å². The molecule has 1 aromatic carbocycles. The number of hydrogen-bond acceptors (Lipinski definition) is 4. The van der Waals surface area contributed by atoms with E-state index in [0.717, 1.165) is 21.8 Å². The first-order valence-corrected chi connectivity index (χ1v) is 6.83. The number of anilines is 1. The minimum atomic E-state index is 0.504. The molecule has 0 atom stereocenters. The van der Waals surface area contributed by atoms with Crippen LogP contribution in [0.25, 0.3) is 10.2 Å². The maximum atomic E-state index is 6.14. The number of hydrogen-bond donors (Lipinski definition) is 1. The number of halogens is 2. The highest BCUT2D eigenvalue weighted by molar-refractivity contribution is 7.22. The predicted molar refractivity (Wildman–Crippen MR) is 75.0 cm³/mol. The van der Waals surface area contributed by atoms with Crippen LogP contribution in [0.4, 0.5) is 5.13 Å². The summed E-state index contributed by atoms with van der Waals surface area (Å²) in [5.41, 5.74) is 0.727. The Morgan fingerprint density at radius 2 is 2.18 bits per heavy atom. The van der Waals surface area contributed by atoms with E-state index in [1.807, 2.05) is 14.0 Å². The molecule has 1 heterocycles. The van der Waals surface area contributed by atoms with E-state index in [4.69, 9.17) is 27.9 Å². The van der Waals surface area contributed by atoms with Gasteiger partial charge in [-0.3, -0.25) is 0 Å². The molecule has 0 radical (unpaired) electrons. The van der Waals surface area contributed by atoms with Crippen molar-refractivity contribution in [1.29, 1.82) is 0 Å². The first-order valence-electron chi connectivity index (χ1n) is 5.26. The van der Waals surface area contributed by atoms with E-state index >= 15 is 0 Å². The highest BCUT2D eigenvalue weighted by atomic mass is 35.5. The van der Waals surface area contributed by atoms with E-state index in [0.29, 0.717) is 22.4 Å². The van der Waals surface area contributed by atoms with E-state index in [1.165, 1.54) is 11.3 Å². The molecule has 92 valence electrons. The third kappa shape index (κ3) is 2.44. The average molecular weight is 291 g/mol. The lowest BCUT2D eigenvalue weighted by Gasteiger charge is -2.07. The number of rotatable bonds is 4. The molecular weight excluding hydrogens is 279 g/mol. The number of aromatic nitrogens is 1. The van der Waals surface area contributed by atoms with Crippen LogP contribution in [0.15, 0.2) is 6.07 Å². The van der Waals surface area contributed by atoms with E-state index in [9.17, 15) is 0 Å². The Balaban J connectivity index is 2.59. The first-order chi connectivity index (χ1) is 8.17. The summed E-state index contributed by atoms with van der Waals surface area (Å²) in [5.74, 6) is 0.616. The van der Waals surface area contributed by atoms with E-state index in [2.05, 4.69) is 10.3 Å². The molecule has 3 nitrogen and oxygen atoms in total. The van der Waals surface area contributed by atoms with Crippen molar-refractivity contribution in [2.24, 2.45) is 0 Å². The lowest BCUT2D eigenvalue weighted by molar-refractivity contribution is 0.321. The third-order valence-corrected chi connectivity index (χ3v) is 3.99. The Hall–Kier alpha value is -0.710. The molecule has 0 aliphatic rings. The van der Waals surface area contributed by atoms with Gasteiger partial charge in [0.05, 0.1) is 21.4 Å². The Labute approximate surface area is 114 Å². The number of nitrogens with one attached hydrogen (secondary N) is 1. The molecule has 2 rings (SSSR count). The molecule has 1 N–H and O–H groups in total. The lowest BCUT2D eigenvalue weighted by atomic mass is 10.3. The van der Waals surface area contributed by atoms with Gasteiger partial charge in [-0.1, -0.05) is 41.5 Å². The van der Waals surface area contributed by atoms with E-state index < -0.39 is 0 Å². The van der Waals surface area contributed by atoms with Gasteiger partial charge in [-0.2, -0.15) is 0 Å². The molecule has 1 aromatic heterocycles. The molecule has 0 amide bonds. The molecule has 17 heavy (non-hydrogen) atoms. The second kappa shape index (κ2) is 5.29. The molecule has 0 saturated carbocycles. The fraction of sp³-hybridized carbons (Fsp3) is 0.364. The standard InChI is InChI=1S/C11H12Cl2N2OS/c1-3-4-16-9-6(12)5-7(13)10-8(9)15-11(14-2)17-10/h5H,3-4H2,1-2H3,(H,14,15). The fourth-order valence-corrected chi connectivity index (χ4v) is 2.89. The van der Waals surface area contributed by atoms with Crippen molar-refractivity contribution in [1.82, 2.24) is 4.98 Å². The summed E-state index contributed by atoms with van der Waals surface area (Å²) < 4.78 is 6.53. The molecule has 2 aromatic rings. The Kier molecular flexibility index (Phi) is 3.97. The van der Waals surface area contributed by atoms with Gasteiger partial charge in [0.25, 0.3) is 0 Å². The van der Waals surface area contributed by atoms with Crippen molar-refractivity contribution in [3.8, 4) is 5.75 Å². The summed E-state index contributed by atoms with van der Waals surface area (Å²) in [7, 11) is 1.82. The van der Waals surface area contributed by atoms with Crippen molar-refractivity contribution in [2.45, 2.75) is 13.3 Å². The molecule has 0 spiro atoms. The van der Waals surface area contributed by atoms with Gasteiger partial charge in [0.1, 0.15) is 5.52 Å². The Bertz CT molecular complexity index is 542. The molecular formula is C11H12Cl2N2OS. The van der Waals surface area contributed by atoms with Gasteiger partial charge in [0.2, 0.25) is 0 Å². The van der Waals surface area contributed by atoms with Crippen molar-refractivity contribution in [3.05, 3.63) is 16.1 Å². The molecule has 0 bridgehead atoms. The van der Waals surface area contributed by atoms with Gasteiger partial charge < -0.3 is 10.1 Å². The summed E-state index contributed by atoms with van der Waals surface area (Å²) in [6.45, 7) is 2.66. The van der Waals surface area contributed by atoms with Crippen LogP contribution in [0.1, 0.15) is 13.3 Å². The number of ether oxygens (including phenoxy) is 1. The highest BCUT2D eigenvalue weighted by Crippen LogP contribution is 2.41. The molecule has 0 saturated heterocycles. The summed E-state index contributed by atoms with van der Waals surface area (Å²) in [4.78, 5) is 4.42. The second-order valence-corrected chi connectivity index (χ2v) is 5.28. The van der Waals surface area contributed by atoms with Crippen molar-refractivity contribution in [3.63, 3.8) is 0 Å². The lowest BCUT2D eigenvalue weighted by Crippen LogP contribution is -1.96. The van der Waals surface area contributed by atoms with Crippen LogP contribution in [0.2, 0.25) is 10.0 Å². The Morgan fingerprint density at radius 3 is 2.82 bits per heavy atom. The maximum absolute atomic E-state index is 6.14. The zero-order valence-corrected chi connectivity index (χ0v) is 11.8. The molecule has 6 heteroatoms. The van der Waals surface area contributed by atoms with Crippen molar-refractivity contribution < 1.29 is 4.74 Å². The van der Waals surface area contributed by atoms with Crippen LogP contribution in [0.5, 0.6) is 5.75 Å².